The maximum absolute atomic E-state index is 15.0. The number of rotatable bonds is 5. The van der Waals surface area contributed by atoms with E-state index in [2.05, 4.69) is 14.7 Å². The molecule has 0 atom stereocenters. The van der Waals surface area contributed by atoms with Crippen LogP contribution in [-0.2, 0) is 0 Å². The molecule has 146 valence electrons. The van der Waals surface area contributed by atoms with E-state index in [-0.39, 0.29) is 22.4 Å². The molecule has 0 spiro atoms. The first kappa shape index (κ1) is 18.9. The maximum atomic E-state index is 15.0. The van der Waals surface area contributed by atoms with Crippen molar-refractivity contribution >= 4 is 34.5 Å². The van der Waals surface area contributed by atoms with E-state index in [9.17, 15) is 14.3 Å². The van der Waals surface area contributed by atoms with Crippen molar-refractivity contribution in [1.82, 2.24) is 9.97 Å². The highest BCUT2D eigenvalue weighted by Gasteiger charge is 2.24. The number of aromatic amines is 1. The summed E-state index contributed by atoms with van der Waals surface area (Å²) >= 11 is 1.15. The number of aromatic nitrogens is 2. The Kier molecular flexibility index (Phi) is 4.94. The highest BCUT2D eigenvalue weighted by Crippen LogP contribution is 2.30. The predicted octanol–water partition coefficient (Wildman–Crippen LogP) is 5.21. The van der Waals surface area contributed by atoms with Crippen LogP contribution in [0.1, 0.15) is 21.5 Å². The van der Waals surface area contributed by atoms with Crippen LogP contribution in [0.4, 0.5) is 14.5 Å². The second kappa shape index (κ2) is 7.56. The highest BCUT2D eigenvalue weighted by molar-refractivity contribution is 8.00. The summed E-state index contributed by atoms with van der Waals surface area (Å²) in [5, 5.41) is 9.90. The van der Waals surface area contributed by atoms with E-state index in [1.165, 1.54) is 24.5 Å². The zero-order valence-corrected chi connectivity index (χ0v) is 16.0. The summed E-state index contributed by atoms with van der Waals surface area (Å²) in [5.74, 6) is -2.96. The molecule has 0 aliphatic carbocycles. The molecule has 29 heavy (non-hydrogen) atoms. The van der Waals surface area contributed by atoms with Crippen molar-refractivity contribution in [3.05, 3.63) is 83.2 Å². The zero-order valence-electron chi connectivity index (χ0n) is 15.2. The number of carbonyl (C=O) groups is 1. The Hall–Kier alpha value is -3.39. The van der Waals surface area contributed by atoms with Crippen LogP contribution in [0, 0.1) is 18.6 Å². The molecule has 0 aliphatic heterocycles. The molecule has 0 saturated heterocycles. The molecule has 0 saturated carbocycles. The molecule has 0 bridgehead atoms. The van der Waals surface area contributed by atoms with Crippen LogP contribution in [0.15, 0.2) is 59.8 Å². The highest BCUT2D eigenvalue weighted by atomic mass is 32.2. The van der Waals surface area contributed by atoms with Gasteiger partial charge in [0.1, 0.15) is 17.2 Å². The van der Waals surface area contributed by atoms with E-state index in [0.29, 0.717) is 5.65 Å². The number of fused-ring (bicyclic) bond motifs is 1. The van der Waals surface area contributed by atoms with Gasteiger partial charge in [0, 0.05) is 22.0 Å². The number of nitrogens with one attached hydrogen (secondary N) is 2. The largest absolute Gasteiger partial charge is 0.506 e. The minimum atomic E-state index is -0.989. The van der Waals surface area contributed by atoms with Crippen LogP contribution in [0.2, 0.25) is 0 Å². The molecule has 0 amide bonds. The van der Waals surface area contributed by atoms with Crippen LogP contribution in [-0.4, -0.2) is 20.9 Å². The molecule has 8 heteroatoms. The predicted molar refractivity (Wildman–Crippen MR) is 108 cm³/mol. The van der Waals surface area contributed by atoms with E-state index in [4.69, 9.17) is 0 Å². The Morgan fingerprint density at radius 3 is 2.69 bits per heavy atom. The average Bonchev–Trinajstić information content (AvgIpc) is 3.11. The SMILES string of the molecule is Cc1ccc(SNc2ccc(F)c(C(=O)c3c[nH]c4ncc(O)cc34)c2F)cc1. The van der Waals surface area contributed by atoms with E-state index in [0.717, 1.165) is 28.5 Å². The summed E-state index contributed by atoms with van der Waals surface area (Å²) < 4.78 is 32.2. The van der Waals surface area contributed by atoms with E-state index < -0.39 is 23.0 Å². The Morgan fingerprint density at radius 2 is 1.93 bits per heavy atom. The van der Waals surface area contributed by atoms with Gasteiger partial charge in [-0.3, -0.25) is 4.79 Å². The number of H-pyrrole nitrogens is 1. The number of halogens is 2. The number of ketones is 1. The first-order valence-electron chi connectivity index (χ1n) is 8.62. The number of pyridine rings is 1. The van der Waals surface area contributed by atoms with Crippen molar-refractivity contribution in [2.45, 2.75) is 11.8 Å². The van der Waals surface area contributed by atoms with E-state index in [1.54, 1.807) is 0 Å². The van der Waals surface area contributed by atoms with Gasteiger partial charge < -0.3 is 14.8 Å². The van der Waals surface area contributed by atoms with Gasteiger partial charge in [-0.2, -0.15) is 0 Å². The van der Waals surface area contributed by atoms with Gasteiger partial charge in [-0.1, -0.05) is 17.7 Å². The molecule has 0 aliphatic rings. The second-order valence-electron chi connectivity index (χ2n) is 6.42. The van der Waals surface area contributed by atoms with Gasteiger partial charge in [-0.25, -0.2) is 13.8 Å². The summed E-state index contributed by atoms with van der Waals surface area (Å²) in [4.78, 5) is 20.4. The second-order valence-corrected chi connectivity index (χ2v) is 7.30. The molecule has 4 aromatic rings. The summed E-state index contributed by atoms with van der Waals surface area (Å²) in [6.07, 6.45) is 2.53. The number of hydrogen-bond acceptors (Lipinski definition) is 5. The smallest absolute Gasteiger partial charge is 0.201 e. The molecule has 2 heterocycles. The van der Waals surface area contributed by atoms with Crippen LogP contribution >= 0.6 is 11.9 Å². The summed E-state index contributed by atoms with van der Waals surface area (Å²) in [6.45, 7) is 1.96. The van der Waals surface area contributed by atoms with Crippen LogP contribution in [0.25, 0.3) is 11.0 Å². The number of benzene rings is 2. The maximum Gasteiger partial charge on any atom is 0.201 e. The van der Waals surface area contributed by atoms with Crippen LogP contribution < -0.4 is 4.72 Å². The normalized spacial score (nSPS) is 11.0. The minimum absolute atomic E-state index is 0.0128. The van der Waals surface area contributed by atoms with Crippen molar-refractivity contribution < 1.29 is 18.7 Å². The Morgan fingerprint density at radius 1 is 1.17 bits per heavy atom. The van der Waals surface area contributed by atoms with Gasteiger partial charge in [-0.05, 0) is 49.2 Å². The van der Waals surface area contributed by atoms with Gasteiger partial charge in [0.2, 0.25) is 5.78 Å². The first-order valence-corrected chi connectivity index (χ1v) is 9.44. The van der Waals surface area contributed by atoms with Crippen molar-refractivity contribution in [3.63, 3.8) is 0 Å². The fourth-order valence-electron chi connectivity index (χ4n) is 2.87. The zero-order chi connectivity index (χ0) is 20.5. The Bertz CT molecular complexity index is 1220. The first-order chi connectivity index (χ1) is 13.9. The number of anilines is 1. The minimum Gasteiger partial charge on any atom is -0.506 e. The lowest BCUT2D eigenvalue weighted by molar-refractivity contribution is 0.103. The number of aryl methyl sites for hydroxylation is 1. The molecule has 4 rings (SSSR count). The van der Waals surface area contributed by atoms with Crippen LogP contribution in [0.3, 0.4) is 0 Å². The standard InChI is InChI=1S/C21H15F2N3O2S/c1-11-2-4-13(5-3-11)29-26-17-7-6-16(22)18(19(17)23)20(28)15-10-25-21-14(15)8-12(27)9-24-21/h2-10,26-27H,1H3,(H,24,25). The lowest BCUT2D eigenvalue weighted by Crippen LogP contribution is -2.09. The summed E-state index contributed by atoms with van der Waals surface area (Å²) in [7, 11) is 0. The molecule has 0 unspecified atom stereocenters. The number of aromatic hydroxyl groups is 1. The molecule has 0 radical (unpaired) electrons. The van der Waals surface area contributed by atoms with Gasteiger partial charge in [0.15, 0.2) is 5.82 Å². The van der Waals surface area contributed by atoms with Crippen LogP contribution in [0.5, 0.6) is 5.75 Å². The van der Waals surface area contributed by atoms with Gasteiger partial charge in [-0.15, -0.1) is 0 Å². The molecule has 2 aromatic heterocycles. The van der Waals surface area contributed by atoms with Crippen molar-refractivity contribution in [3.8, 4) is 5.75 Å². The summed E-state index contributed by atoms with van der Waals surface area (Å²) in [6, 6.07) is 11.2. The Balaban J connectivity index is 1.68. The third kappa shape index (κ3) is 3.66. The molecule has 2 aromatic carbocycles. The lowest BCUT2D eigenvalue weighted by atomic mass is 10.0. The molecule has 5 nitrogen and oxygen atoms in total. The van der Waals surface area contributed by atoms with Crippen molar-refractivity contribution in [2.24, 2.45) is 0 Å². The van der Waals surface area contributed by atoms with Gasteiger partial charge >= 0.3 is 0 Å². The lowest BCUT2D eigenvalue weighted by Gasteiger charge is -2.11. The van der Waals surface area contributed by atoms with E-state index >= 15 is 4.39 Å². The monoisotopic (exact) mass is 411 g/mol. The third-order valence-electron chi connectivity index (χ3n) is 4.38. The van der Waals surface area contributed by atoms with Crippen molar-refractivity contribution in [2.75, 3.05) is 4.72 Å². The van der Waals surface area contributed by atoms with E-state index in [1.807, 2.05) is 31.2 Å². The molecule has 0 fully saturated rings. The summed E-state index contributed by atoms with van der Waals surface area (Å²) in [5.41, 5.74) is 0.750. The van der Waals surface area contributed by atoms with Crippen molar-refractivity contribution in [1.29, 1.82) is 0 Å². The number of carbonyl (C=O) groups excluding carboxylic acids is 1. The fraction of sp³-hybridized carbons (Fsp3) is 0.0476. The third-order valence-corrected chi connectivity index (χ3v) is 5.21. The topological polar surface area (TPSA) is 78.0 Å². The fourth-order valence-corrected chi connectivity index (χ4v) is 3.53. The Labute approximate surface area is 168 Å². The van der Waals surface area contributed by atoms with Gasteiger partial charge in [0.05, 0.1) is 17.4 Å². The van der Waals surface area contributed by atoms with Gasteiger partial charge in [0.25, 0.3) is 0 Å². The average molecular weight is 411 g/mol. The molecule has 3 N–H and O–H groups in total. The quantitative estimate of drug-likeness (QED) is 0.311. The molecular formula is C21H15F2N3O2S. The number of hydrogen-bond donors (Lipinski definition) is 3. The number of nitrogens with zero attached hydrogens (tertiary/aromatic N) is 1. The molecular weight excluding hydrogens is 396 g/mol.